The summed E-state index contributed by atoms with van der Waals surface area (Å²) in [5, 5.41) is 10.3. The lowest BCUT2D eigenvalue weighted by atomic mass is 10.1. The highest BCUT2D eigenvalue weighted by molar-refractivity contribution is 5.89. The second-order valence-electron chi connectivity index (χ2n) is 5.97. The predicted molar refractivity (Wildman–Crippen MR) is 76.3 cm³/mol. The van der Waals surface area contributed by atoms with Gasteiger partial charge in [0.25, 0.3) is 0 Å². The largest absolute Gasteiger partial charge is 0.453 e. The summed E-state index contributed by atoms with van der Waals surface area (Å²) >= 11 is 0. The number of aliphatic hydroxyl groups excluding tert-OH is 1. The minimum atomic E-state index is -0.935. The number of aliphatic hydroxyl groups is 1. The molecule has 120 valence electrons. The molecule has 0 radical (unpaired) electrons. The van der Waals surface area contributed by atoms with Crippen molar-refractivity contribution < 1.29 is 28.8 Å². The molecule has 0 saturated carbocycles. The average Bonchev–Trinajstić information content (AvgIpc) is 3.03. The van der Waals surface area contributed by atoms with Gasteiger partial charge in [-0.1, -0.05) is 18.2 Å². The fraction of sp³-hybridized carbons (Fsp3) is 0.562. The molecule has 0 aromatic heterocycles. The standard InChI is InChI=1S/C16H20O6/c1-16(2)20-9-12(22-16)14-13(17)11(8-19-14)21-15(18)10-6-4-3-5-7-10/h3-7,11-14,17H,8-9H2,1-2H3/t11-,12+,13+,14+/m0/s1. The van der Waals surface area contributed by atoms with E-state index >= 15 is 0 Å². The van der Waals surface area contributed by atoms with Crippen LogP contribution >= 0.6 is 0 Å². The van der Waals surface area contributed by atoms with Gasteiger partial charge in [-0.3, -0.25) is 0 Å². The monoisotopic (exact) mass is 308 g/mol. The van der Waals surface area contributed by atoms with Gasteiger partial charge in [0.2, 0.25) is 0 Å². The molecule has 22 heavy (non-hydrogen) atoms. The molecule has 4 atom stereocenters. The summed E-state index contributed by atoms with van der Waals surface area (Å²) in [6, 6.07) is 8.66. The molecule has 2 aliphatic heterocycles. The zero-order valence-corrected chi connectivity index (χ0v) is 12.6. The topological polar surface area (TPSA) is 74.2 Å². The van der Waals surface area contributed by atoms with Crippen molar-refractivity contribution in [1.82, 2.24) is 0 Å². The van der Waals surface area contributed by atoms with Gasteiger partial charge < -0.3 is 24.1 Å². The third-order valence-electron chi connectivity index (χ3n) is 3.84. The minimum Gasteiger partial charge on any atom is -0.453 e. The first-order valence-electron chi connectivity index (χ1n) is 7.34. The summed E-state index contributed by atoms with van der Waals surface area (Å²) in [6.07, 6.45) is -2.57. The molecule has 1 aromatic rings. The van der Waals surface area contributed by atoms with Gasteiger partial charge in [0.05, 0.1) is 18.8 Å². The summed E-state index contributed by atoms with van der Waals surface area (Å²) in [5.41, 5.74) is 0.444. The molecule has 6 heteroatoms. The molecule has 3 rings (SSSR count). The lowest BCUT2D eigenvalue weighted by molar-refractivity contribution is -0.158. The Bertz CT molecular complexity index is 529. The molecule has 0 unspecified atom stereocenters. The van der Waals surface area contributed by atoms with Crippen LogP contribution < -0.4 is 0 Å². The third kappa shape index (κ3) is 3.15. The molecular weight excluding hydrogens is 288 g/mol. The zero-order chi connectivity index (χ0) is 15.7. The Labute approximate surface area is 128 Å². The van der Waals surface area contributed by atoms with Gasteiger partial charge in [-0.15, -0.1) is 0 Å². The molecule has 0 spiro atoms. The molecule has 6 nitrogen and oxygen atoms in total. The summed E-state index contributed by atoms with van der Waals surface area (Å²) in [7, 11) is 0. The van der Waals surface area contributed by atoms with E-state index in [1.807, 2.05) is 6.07 Å². The van der Waals surface area contributed by atoms with Crippen molar-refractivity contribution in [2.75, 3.05) is 13.2 Å². The maximum atomic E-state index is 12.0. The van der Waals surface area contributed by atoms with E-state index in [2.05, 4.69) is 0 Å². The highest BCUT2D eigenvalue weighted by atomic mass is 16.8. The second-order valence-corrected chi connectivity index (χ2v) is 5.97. The van der Waals surface area contributed by atoms with Crippen LogP contribution in [0.25, 0.3) is 0 Å². The van der Waals surface area contributed by atoms with E-state index in [0.717, 1.165) is 0 Å². The molecule has 1 aromatic carbocycles. The first-order chi connectivity index (χ1) is 10.5. The van der Waals surface area contributed by atoms with E-state index in [4.69, 9.17) is 18.9 Å². The quantitative estimate of drug-likeness (QED) is 0.844. The molecule has 0 amide bonds. The smallest absolute Gasteiger partial charge is 0.338 e. The molecule has 0 aliphatic carbocycles. The van der Waals surface area contributed by atoms with Crippen LogP contribution in [0.3, 0.4) is 0 Å². The average molecular weight is 308 g/mol. The van der Waals surface area contributed by atoms with E-state index in [9.17, 15) is 9.90 Å². The van der Waals surface area contributed by atoms with E-state index in [0.29, 0.717) is 12.2 Å². The van der Waals surface area contributed by atoms with Crippen LogP contribution in [0.2, 0.25) is 0 Å². The van der Waals surface area contributed by atoms with E-state index < -0.39 is 30.1 Å². The van der Waals surface area contributed by atoms with Gasteiger partial charge in [-0.25, -0.2) is 4.79 Å². The van der Waals surface area contributed by atoms with Crippen LogP contribution in [0, 0.1) is 0 Å². The fourth-order valence-corrected chi connectivity index (χ4v) is 2.70. The lowest BCUT2D eigenvalue weighted by Crippen LogP contribution is -2.41. The number of hydrogen-bond acceptors (Lipinski definition) is 6. The van der Waals surface area contributed by atoms with Crippen LogP contribution in [0.5, 0.6) is 0 Å². The Hall–Kier alpha value is -1.47. The summed E-state index contributed by atoms with van der Waals surface area (Å²) in [4.78, 5) is 12.0. The van der Waals surface area contributed by atoms with Gasteiger partial charge >= 0.3 is 5.97 Å². The number of carbonyl (C=O) groups excluding carboxylic acids is 1. The summed E-state index contributed by atoms with van der Waals surface area (Å²) < 4.78 is 22.1. The first-order valence-corrected chi connectivity index (χ1v) is 7.34. The van der Waals surface area contributed by atoms with Gasteiger partial charge in [-0.2, -0.15) is 0 Å². The molecular formula is C16H20O6. The van der Waals surface area contributed by atoms with E-state index in [1.165, 1.54) is 0 Å². The van der Waals surface area contributed by atoms with E-state index in [-0.39, 0.29) is 12.7 Å². The lowest BCUT2D eigenvalue weighted by Gasteiger charge is -2.23. The number of benzene rings is 1. The molecule has 2 heterocycles. The molecule has 2 fully saturated rings. The Morgan fingerprint density at radius 3 is 2.64 bits per heavy atom. The van der Waals surface area contributed by atoms with Crippen molar-refractivity contribution in [3.63, 3.8) is 0 Å². The zero-order valence-electron chi connectivity index (χ0n) is 12.6. The molecule has 0 bridgehead atoms. The van der Waals surface area contributed by atoms with Crippen molar-refractivity contribution in [1.29, 1.82) is 0 Å². The number of esters is 1. The molecule has 2 aliphatic rings. The maximum Gasteiger partial charge on any atom is 0.338 e. The Balaban J connectivity index is 1.60. The number of rotatable bonds is 3. The minimum absolute atomic E-state index is 0.144. The van der Waals surface area contributed by atoms with Crippen LogP contribution in [0.15, 0.2) is 30.3 Å². The number of hydrogen-bond donors (Lipinski definition) is 1. The van der Waals surface area contributed by atoms with Crippen molar-refractivity contribution in [3.8, 4) is 0 Å². The normalized spacial score (nSPS) is 33.8. The Kier molecular flexibility index (Phi) is 4.18. The molecule has 2 saturated heterocycles. The highest BCUT2D eigenvalue weighted by Gasteiger charge is 2.48. The fourth-order valence-electron chi connectivity index (χ4n) is 2.70. The summed E-state index contributed by atoms with van der Waals surface area (Å²) in [6.45, 7) is 4.10. The number of carbonyl (C=O) groups is 1. The van der Waals surface area contributed by atoms with Crippen molar-refractivity contribution in [2.24, 2.45) is 0 Å². The second kappa shape index (κ2) is 5.96. The first kappa shape index (κ1) is 15.4. The Morgan fingerprint density at radius 1 is 1.27 bits per heavy atom. The third-order valence-corrected chi connectivity index (χ3v) is 3.84. The van der Waals surface area contributed by atoms with E-state index in [1.54, 1.807) is 38.1 Å². The van der Waals surface area contributed by atoms with Crippen LogP contribution in [-0.2, 0) is 18.9 Å². The molecule has 1 N–H and O–H groups in total. The van der Waals surface area contributed by atoms with Crippen LogP contribution in [0.1, 0.15) is 24.2 Å². The SMILES string of the molecule is CC1(C)OC[C@H]([C@H]2OC[C@H](OC(=O)c3ccccc3)[C@H]2O)O1. The van der Waals surface area contributed by atoms with Gasteiger partial charge in [0.15, 0.2) is 11.9 Å². The van der Waals surface area contributed by atoms with Crippen molar-refractivity contribution >= 4 is 5.97 Å². The number of ether oxygens (including phenoxy) is 4. The van der Waals surface area contributed by atoms with Gasteiger partial charge in [-0.05, 0) is 26.0 Å². The Morgan fingerprint density at radius 2 is 2.00 bits per heavy atom. The maximum absolute atomic E-state index is 12.0. The highest BCUT2D eigenvalue weighted by Crippen LogP contribution is 2.30. The van der Waals surface area contributed by atoms with Crippen LogP contribution in [-0.4, -0.2) is 54.5 Å². The van der Waals surface area contributed by atoms with Crippen molar-refractivity contribution in [3.05, 3.63) is 35.9 Å². The van der Waals surface area contributed by atoms with Crippen molar-refractivity contribution in [2.45, 2.75) is 44.1 Å². The van der Waals surface area contributed by atoms with Crippen LogP contribution in [0.4, 0.5) is 0 Å². The summed E-state index contributed by atoms with van der Waals surface area (Å²) in [5.74, 6) is -1.16. The van der Waals surface area contributed by atoms with Gasteiger partial charge in [0, 0.05) is 0 Å². The predicted octanol–water partition coefficient (Wildman–Crippen LogP) is 1.12. The van der Waals surface area contributed by atoms with Gasteiger partial charge in [0.1, 0.15) is 18.3 Å².